The molecule has 0 aliphatic rings. The lowest BCUT2D eigenvalue weighted by Crippen LogP contribution is -2.32. The van der Waals surface area contributed by atoms with Crippen LogP contribution < -0.4 is 5.32 Å². The third-order valence-electron chi connectivity index (χ3n) is 3.33. The average Bonchev–Trinajstić information content (AvgIpc) is 2.71. The topological polar surface area (TPSA) is 15.3 Å². The van der Waals surface area contributed by atoms with Crippen molar-refractivity contribution < 1.29 is 0 Å². The van der Waals surface area contributed by atoms with Crippen LogP contribution in [-0.4, -0.2) is 38.6 Å². The minimum absolute atomic E-state index is 0.773. The number of nitrogens with one attached hydrogen (secondary N) is 1. The molecule has 17 heavy (non-hydrogen) atoms. The van der Waals surface area contributed by atoms with Crippen molar-refractivity contribution in [3.05, 3.63) is 21.9 Å². The molecule has 1 unspecified atom stereocenters. The zero-order valence-corrected chi connectivity index (χ0v) is 12.4. The van der Waals surface area contributed by atoms with E-state index >= 15 is 0 Å². The Hall–Kier alpha value is -0.380. The van der Waals surface area contributed by atoms with Gasteiger partial charge in [-0.1, -0.05) is 13.3 Å². The molecule has 0 saturated heterocycles. The molecule has 1 atom stereocenters. The molecule has 0 radical (unpaired) electrons. The maximum absolute atomic E-state index is 3.28. The average molecular weight is 254 g/mol. The van der Waals surface area contributed by atoms with Gasteiger partial charge in [0.25, 0.3) is 0 Å². The van der Waals surface area contributed by atoms with Gasteiger partial charge in [-0.25, -0.2) is 0 Å². The highest BCUT2D eigenvalue weighted by Crippen LogP contribution is 2.16. The molecule has 1 rings (SSSR count). The van der Waals surface area contributed by atoms with E-state index in [0.717, 1.165) is 12.5 Å². The molecule has 0 aliphatic heterocycles. The summed E-state index contributed by atoms with van der Waals surface area (Å²) in [6.07, 6.45) is 2.44. The van der Waals surface area contributed by atoms with Gasteiger partial charge >= 0.3 is 0 Å². The summed E-state index contributed by atoms with van der Waals surface area (Å²) in [4.78, 5) is 4.00. The summed E-state index contributed by atoms with van der Waals surface area (Å²) >= 11 is 1.89. The molecular weight excluding hydrogens is 228 g/mol. The Morgan fingerprint density at radius 2 is 2.24 bits per heavy atom. The monoisotopic (exact) mass is 254 g/mol. The van der Waals surface area contributed by atoms with E-state index in [1.165, 1.54) is 31.5 Å². The molecule has 1 heterocycles. The van der Waals surface area contributed by atoms with Crippen LogP contribution in [0.3, 0.4) is 0 Å². The maximum Gasteiger partial charge on any atom is 0.00871 e. The number of thiophene rings is 1. The zero-order chi connectivity index (χ0) is 12.7. The van der Waals surface area contributed by atoms with E-state index in [9.17, 15) is 0 Å². The van der Waals surface area contributed by atoms with Crippen LogP contribution in [0.15, 0.2) is 11.4 Å². The molecule has 1 N–H and O–H groups in total. The number of hydrogen-bond donors (Lipinski definition) is 1. The molecule has 0 amide bonds. The number of likely N-dealkylation sites (N-methyl/N-ethyl adjacent to an activating group) is 1. The Morgan fingerprint density at radius 1 is 1.47 bits per heavy atom. The lowest BCUT2D eigenvalue weighted by molar-refractivity contribution is 0.271. The largest absolute Gasteiger partial charge is 0.319 e. The minimum Gasteiger partial charge on any atom is -0.319 e. The number of aryl methyl sites for hydroxylation is 1. The molecule has 1 aromatic heterocycles. The van der Waals surface area contributed by atoms with E-state index in [1.807, 2.05) is 18.4 Å². The summed E-state index contributed by atoms with van der Waals surface area (Å²) in [5.41, 5.74) is 1.45. The molecule has 3 heteroatoms. The fourth-order valence-corrected chi connectivity index (χ4v) is 3.01. The number of nitrogens with zero attached hydrogens (tertiary/aromatic N) is 1. The van der Waals surface area contributed by atoms with Crippen LogP contribution in [-0.2, 0) is 6.42 Å². The predicted molar refractivity (Wildman–Crippen MR) is 78.0 cm³/mol. The van der Waals surface area contributed by atoms with Crippen molar-refractivity contribution in [1.29, 1.82) is 0 Å². The quantitative estimate of drug-likeness (QED) is 0.767. The summed E-state index contributed by atoms with van der Waals surface area (Å²) in [5, 5.41) is 5.47. The van der Waals surface area contributed by atoms with E-state index in [4.69, 9.17) is 0 Å². The van der Waals surface area contributed by atoms with Gasteiger partial charge in [0.05, 0.1) is 0 Å². The molecular formula is C14H26N2S. The summed E-state index contributed by atoms with van der Waals surface area (Å²) in [6.45, 7) is 7.98. The third kappa shape index (κ3) is 5.19. The molecule has 0 aliphatic carbocycles. The summed E-state index contributed by atoms with van der Waals surface area (Å²) in [7, 11) is 4.28. The second-order valence-electron chi connectivity index (χ2n) is 4.87. The van der Waals surface area contributed by atoms with Gasteiger partial charge in [0.2, 0.25) is 0 Å². The van der Waals surface area contributed by atoms with Crippen molar-refractivity contribution in [1.82, 2.24) is 10.2 Å². The van der Waals surface area contributed by atoms with E-state index in [2.05, 4.69) is 42.6 Å². The molecule has 98 valence electrons. The molecule has 2 nitrogen and oxygen atoms in total. The third-order valence-corrected chi connectivity index (χ3v) is 4.41. The van der Waals surface area contributed by atoms with Gasteiger partial charge in [0.1, 0.15) is 0 Å². The Bertz CT molecular complexity index is 309. The Balaban J connectivity index is 2.29. The molecule has 0 spiro atoms. The highest BCUT2D eigenvalue weighted by molar-refractivity contribution is 7.10. The first-order valence-electron chi connectivity index (χ1n) is 6.53. The molecule has 0 bridgehead atoms. The smallest absolute Gasteiger partial charge is 0.00871 e. The number of rotatable bonds is 8. The second kappa shape index (κ2) is 7.85. The van der Waals surface area contributed by atoms with E-state index < -0.39 is 0 Å². The first-order valence-corrected chi connectivity index (χ1v) is 7.41. The summed E-state index contributed by atoms with van der Waals surface area (Å²) in [6, 6.07) is 2.22. The minimum atomic E-state index is 0.773. The van der Waals surface area contributed by atoms with Crippen LogP contribution in [0.2, 0.25) is 0 Å². The first kappa shape index (κ1) is 14.7. The first-order chi connectivity index (χ1) is 8.17. The van der Waals surface area contributed by atoms with E-state index in [0.29, 0.717) is 0 Å². The standard InChI is InChI=1S/C14H26N2S/c1-5-13(10-15-3)11-16(4)8-6-14-12(2)7-9-17-14/h7,9,13,15H,5-6,8,10-11H2,1-4H3. The van der Waals surface area contributed by atoms with Crippen LogP contribution in [0.1, 0.15) is 23.8 Å². The molecule has 0 fully saturated rings. The van der Waals surface area contributed by atoms with Crippen LogP contribution >= 0.6 is 11.3 Å². The summed E-state index contributed by atoms with van der Waals surface area (Å²) < 4.78 is 0. The van der Waals surface area contributed by atoms with Crippen LogP contribution in [0.5, 0.6) is 0 Å². The van der Waals surface area contributed by atoms with Gasteiger partial charge in [-0.15, -0.1) is 11.3 Å². The Morgan fingerprint density at radius 3 is 2.76 bits per heavy atom. The predicted octanol–water partition coefficient (Wildman–Crippen LogP) is 2.78. The van der Waals surface area contributed by atoms with Crippen molar-refractivity contribution in [3.8, 4) is 0 Å². The van der Waals surface area contributed by atoms with Crippen LogP contribution in [0.25, 0.3) is 0 Å². The Kier molecular flexibility index (Phi) is 6.78. The molecule has 0 aromatic carbocycles. The molecule has 1 aromatic rings. The molecule has 0 saturated carbocycles. The van der Waals surface area contributed by atoms with Gasteiger partial charge in [-0.05, 0) is 56.9 Å². The van der Waals surface area contributed by atoms with Gasteiger partial charge in [-0.2, -0.15) is 0 Å². The zero-order valence-electron chi connectivity index (χ0n) is 11.6. The fourth-order valence-electron chi connectivity index (χ4n) is 2.11. The lowest BCUT2D eigenvalue weighted by Gasteiger charge is -2.22. The van der Waals surface area contributed by atoms with Crippen molar-refractivity contribution in [2.45, 2.75) is 26.7 Å². The van der Waals surface area contributed by atoms with Crippen molar-refractivity contribution >= 4 is 11.3 Å². The second-order valence-corrected chi connectivity index (χ2v) is 5.87. The van der Waals surface area contributed by atoms with Gasteiger partial charge in [-0.3, -0.25) is 0 Å². The van der Waals surface area contributed by atoms with Crippen molar-refractivity contribution in [2.24, 2.45) is 5.92 Å². The van der Waals surface area contributed by atoms with E-state index in [-0.39, 0.29) is 0 Å². The highest BCUT2D eigenvalue weighted by Gasteiger charge is 2.09. The number of hydrogen-bond acceptors (Lipinski definition) is 3. The highest BCUT2D eigenvalue weighted by atomic mass is 32.1. The fraction of sp³-hybridized carbons (Fsp3) is 0.714. The van der Waals surface area contributed by atoms with Crippen molar-refractivity contribution in [2.75, 3.05) is 33.7 Å². The lowest BCUT2D eigenvalue weighted by atomic mass is 10.1. The SMILES string of the molecule is CCC(CNC)CN(C)CCc1sccc1C. The van der Waals surface area contributed by atoms with Gasteiger partial charge < -0.3 is 10.2 Å². The van der Waals surface area contributed by atoms with Gasteiger partial charge in [0, 0.05) is 18.0 Å². The Labute approximate surface area is 110 Å². The van der Waals surface area contributed by atoms with Crippen molar-refractivity contribution in [3.63, 3.8) is 0 Å². The van der Waals surface area contributed by atoms with Crippen LogP contribution in [0, 0.1) is 12.8 Å². The van der Waals surface area contributed by atoms with Gasteiger partial charge in [0.15, 0.2) is 0 Å². The summed E-state index contributed by atoms with van der Waals surface area (Å²) in [5.74, 6) is 0.773. The van der Waals surface area contributed by atoms with E-state index in [1.54, 1.807) is 4.88 Å². The normalized spacial score (nSPS) is 13.2. The maximum atomic E-state index is 3.28. The van der Waals surface area contributed by atoms with Crippen LogP contribution in [0.4, 0.5) is 0 Å².